The van der Waals surface area contributed by atoms with Crippen LogP contribution in [-0.2, 0) is 16.1 Å². The molecule has 1 aromatic heterocycles. The van der Waals surface area contributed by atoms with Crippen molar-refractivity contribution in [3.8, 4) is 11.1 Å². The molecule has 32 heavy (non-hydrogen) atoms. The summed E-state index contributed by atoms with van der Waals surface area (Å²) >= 11 is 1.33. The Hall–Kier alpha value is -3.45. The number of nitrogens with one attached hydrogen (secondary N) is 1. The van der Waals surface area contributed by atoms with Crippen molar-refractivity contribution < 1.29 is 14.4 Å². The summed E-state index contributed by atoms with van der Waals surface area (Å²) in [5.74, 6) is -1.38. The number of rotatable bonds is 6. The van der Waals surface area contributed by atoms with E-state index in [0.717, 1.165) is 27.1 Å². The zero-order valence-corrected chi connectivity index (χ0v) is 18.9. The van der Waals surface area contributed by atoms with Crippen LogP contribution in [0.2, 0.25) is 0 Å². The fourth-order valence-electron chi connectivity index (χ4n) is 4.05. The van der Waals surface area contributed by atoms with Gasteiger partial charge in [-0.05, 0) is 25.0 Å². The van der Waals surface area contributed by atoms with Crippen LogP contribution in [0.25, 0.3) is 11.1 Å². The van der Waals surface area contributed by atoms with Gasteiger partial charge in [-0.25, -0.2) is 0 Å². The van der Waals surface area contributed by atoms with Crippen molar-refractivity contribution in [1.29, 1.82) is 0 Å². The van der Waals surface area contributed by atoms with E-state index in [4.69, 9.17) is 5.73 Å². The molecule has 1 unspecified atom stereocenters. The Labute approximate surface area is 191 Å². The average molecular weight is 448 g/mol. The summed E-state index contributed by atoms with van der Waals surface area (Å²) in [7, 11) is 0. The number of hydrogen-bond donors (Lipinski definition) is 2. The number of carbonyl (C=O) groups is 3. The lowest BCUT2D eigenvalue weighted by atomic mass is 10.0. The Morgan fingerprint density at radius 2 is 1.78 bits per heavy atom. The van der Waals surface area contributed by atoms with Gasteiger partial charge in [-0.3, -0.25) is 14.4 Å². The van der Waals surface area contributed by atoms with E-state index >= 15 is 0 Å². The highest BCUT2D eigenvalue weighted by molar-refractivity contribution is 7.17. The molecule has 0 bridgehead atoms. The van der Waals surface area contributed by atoms with Crippen molar-refractivity contribution in [1.82, 2.24) is 4.90 Å². The predicted octanol–water partition coefficient (Wildman–Crippen LogP) is 4.12. The van der Waals surface area contributed by atoms with Crippen molar-refractivity contribution >= 4 is 34.1 Å². The van der Waals surface area contributed by atoms with Gasteiger partial charge < -0.3 is 16.0 Å². The monoisotopic (exact) mass is 447 g/mol. The highest BCUT2D eigenvalue weighted by Crippen LogP contribution is 2.40. The lowest BCUT2D eigenvalue weighted by Crippen LogP contribution is -2.28. The molecule has 0 aliphatic carbocycles. The maximum absolute atomic E-state index is 13.0. The summed E-state index contributed by atoms with van der Waals surface area (Å²) in [5, 5.41) is 3.31. The highest BCUT2D eigenvalue weighted by atomic mass is 32.1. The second-order valence-corrected chi connectivity index (χ2v) is 9.34. The Bertz CT molecular complexity index is 1170. The van der Waals surface area contributed by atoms with E-state index < -0.39 is 11.8 Å². The molecule has 1 aliphatic heterocycles. The van der Waals surface area contributed by atoms with Crippen LogP contribution < -0.4 is 11.1 Å². The van der Waals surface area contributed by atoms with Gasteiger partial charge in [-0.2, -0.15) is 0 Å². The predicted molar refractivity (Wildman–Crippen MR) is 126 cm³/mol. The Morgan fingerprint density at radius 1 is 1.09 bits per heavy atom. The number of carbonyl (C=O) groups excluding carboxylic acids is 3. The van der Waals surface area contributed by atoms with E-state index in [0.29, 0.717) is 23.7 Å². The van der Waals surface area contributed by atoms with Crippen LogP contribution in [0.1, 0.15) is 32.8 Å². The van der Waals surface area contributed by atoms with E-state index in [9.17, 15) is 14.4 Å². The Kier molecular flexibility index (Phi) is 6.10. The molecule has 3 N–H and O–H groups in total. The van der Waals surface area contributed by atoms with Crippen molar-refractivity contribution in [2.45, 2.75) is 26.8 Å². The van der Waals surface area contributed by atoms with E-state index in [1.165, 1.54) is 11.3 Å². The minimum absolute atomic E-state index is 0.0480. The first-order valence-corrected chi connectivity index (χ1v) is 11.3. The van der Waals surface area contributed by atoms with Gasteiger partial charge >= 0.3 is 0 Å². The zero-order valence-electron chi connectivity index (χ0n) is 18.1. The Balaban J connectivity index is 1.51. The van der Waals surface area contributed by atoms with Crippen molar-refractivity contribution in [3.63, 3.8) is 0 Å². The largest absolute Gasteiger partial charge is 0.365 e. The van der Waals surface area contributed by atoms with Crippen LogP contribution in [0, 0.1) is 19.8 Å². The molecule has 7 heteroatoms. The Morgan fingerprint density at radius 3 is 2.44 bits per heavy atom. The third kappa shape index (κ3) is 4.43. The van der Waals surface area contributed by atoms with Gasteiger partial charge in [-0.15, -0.1) is 11.3 Å². The second-order valence-electron chi connectivity index (χ2n) is 8.12. The molecule has 1 aliphatic rings. The van der Waals surface area contributed by atoms with E-state index in [2.05, 4.69) is 5.32 Å². The fourth-order valence-corrected chi connectivity index (χ4v) is 5.13. The number of primary amides is 1. The van der Waals surface area contributed by atoms with Crippen LogP contribution in [0.4, 0.5) is 5.00 Å². The fraction of sp³-hybridized carbons (Fsp3) is 0.240. The third-order valence-electron chi connectivity index (χ3n) is 5.71. The SMILES string of the molecule is Cc1ccc(CN2CC(C(=O)Nc3sc(C)c(-c4ccccc4)c3C(N)=O)CC2=O)cc1. The number of benzene rings is 2. The quantitative estimate of drug-likeness (QED) is 0.595. The van der Waals surface area contributed by atoms with Crippen LogP contribution >= 0.6 is 11.3 Å². The van der Waals surface area contributed by atoms with Crippen molar-refractivity contribution in [2.75, 3.05) is 11.9 Å². The summed E-state index contributed by atoms with van der Waals surface area (Å²) in [6.07, 6.45) is 0.152. The number of nitrogens with zero attached hydrogens (tertiary/aromatic N) is 1. The molecule has 0 spiro atoms. The second kappa shape index (κ2) is 8.96. The minimum Gasteiger partial charge on any atom is -0.365 e. The van der Waals surface area contributed by atoms with Gasteiger partial charge in [0.1, 0.15) is 5.00 Å². The highest BCUT2D eigenvalue weighted by Gasteiger charge is 2.35. The molecule has 164 valence electrons. The van der Waals surface area contributed by atoms with Gasteiger partial charge in [0.05, 0.1) is 11.5 Å². The summed E-state index contributed by atoms with van der Waals surface area (Å²) in [5.41, 5.74) is 9.80. The molecule has 3 aromatic rings. The van der Waals surface area contributed by atoms with E-state index in [-0.39, 0.29) is 18.2 Å². The normalized spacial score (nSPS) is 15.8. The number of aryl methyl sites for hydroxylation is 2. The molecular weight excluding hydrogens is 422 g/mol. The first-order chi connectivity index (χ1) is 15.3. The number of likely N-dealkylation sites (tertiary alicyclic amines) is 1. The molecule has 0 radical (unpaired) electrons. The van der Waals surface area contributed by atoms with Crippen LogP contribution in [-0.4, -0.2) is 29.2 Å². The average Bonchev–Trinajstić information content (AvgIpc) is 3.29. The van der Waals surface area contributed by atoms with Gasteiger partial charge in [0.25, 0.3) is 5.91 Å². The molecule has 2 heterocycles. The number of anilines is 1. The number of thiophene rings is 1. The molecule has 2 aromatic carbocycles. The number of hydrogen-bond acceptors (Lipinski definition) is 4. The molecule has 4 rings (SSSR count). The molecule has 3 amide bonds. The summed E-state index contributed by atoms with van der Waals surface area (Å²) < 4.78 is 0. The summed E-state index contributed by atoms with van der Waals surface area (Å²) in [4.78, 5) is 40.4. The maximum Gasteiger partial charge on any atom is 0.252 e. The van der Waals surface area contributed by atoms with Gasteiger partial charge in [0, 0.05) is 30.0 Å². The minimum atomic E-state index is -0.591. The first-order valence-electron chi connectivity index (χ1n) is 10.5. The van der Waals surface area contributed by atoms with Crippen LogP contribution in [0.5, 0.6) is 0 Å². The zero-order chi connectivity index (χ0) is 22.8. The molecule has 6 nitrogen and oxygen atoms in total. The summed E-state index contributed by atoms with van der Waals surface area (Å²) in [6, 6.07) is 17.5. The van der Waals surface area contributed by atoms with E-state index in [1.54, 1.807) is 4.90 Å². The van der Waals surface area contributed by atoms with Crippen LogP contribution in [0.15, 0.2) is 54.6 Å². The smallest absolute Gasteiger partial charge is 0.252 e. The van der Waals surface area contributed by atoms with Crippen LogP contribution in [0.3, 0.4) is 0 Å². The van der Waals surface area contributed by atoms with Gasteiger partial charge in [0.15, 0.2) is 0 Å². The van der Waals surface area contributed by atoms with Gasteiger partial charge in [-0.1, -0.05) is 60.2 Å². The molecule has 1 atom stereocenters. The van der Waals surface area contributed by atoms with Gasteiger partial charge in [0.2, 0.25) is 11.8 Å². The topological polar surface area (TPSA) is 92.5 Å². The molecule has 1 fully saturated rings. The summed E-state index contributed by atoms with van der Waals surface area (Å²) in [6.45, 7) is 4.74. The van der Waals surface area contributed by atoms with Crippen molar-refractivity contribution in [2.24, 2.45) is 11.7 Å². The number of amides is 3. The first kappa shape index (κ1) is 21.8. The van der Waals surface area contributed by atoms with E-state index in [1.807, 2.05) is 68.4 Å². The maximum atomic E-state index is 13.0. The molecule has 0 saturated carbocycles. The molecular formula is C25H25N3O3S. The molecule has 1 saturated heterocycles. The third-order valence-corrected chi connectivity index (χ3v) is 6.73. The standard InChI is InChI=1S/C25H25N3O3S/c1-15-8-10-17(11-9-15)13-28-14-19(12-20(28)29)24(31)27-25-22(23(26)30)21(16(2)32-25)18-6-4-3-5-7-18/h3-11,19H,12-14H2,1-2H3,(H2,26,30)(H,27,31). The lowest BCUT2D eigenvalue weighted by Gasteiger charge is -2.17. The lowest BCUT2D eigenvalue weighted by molar-refractivity contribution is -0.128. The van der Waals surface area contributed by atoms with Crippen molar-refractivity contribution in [3.05, 3.63) is 76.2 Å². The number of nitrogens with two attached hydrogens (primary N) is 1.